The number of hydrogen-bond acceptors (Lipinski definition) is 4. The molecule has 0 unspecified atom stereocenters. The third-order valence-electron chi connectivity index (χ3n) is 1.99. The van der Waals surface area contributed by atoms with Gasteiger partial charge >= 0.3 is 6.18 Å². The third kappa shape index (κ3) is 4.25. The van der Waals surface area contributed by atoms with Gasteiger partial charge in [0, 0.05) is 12.1 Å². The molecule has 0 saturated heterocycles. The molecule has 0 aromatic carbocycles. The molecule has 94 valence electrons. The zero-order chi connectivity index (χ0) is 13.1. The number of pyridine rings is 1. The molecule has 1 heterocycles. The van der Waals surface area contributed by atoms with Crippen LogP contribution in [0.15, 0.2) is 12.3 Å². The highest BCUT2D eigenvalue weighted by Crippen LogP contribution is 2.21. The standard InChI is InChI=1S/C9H10F3N3O2/c1-6-4-8(13-3-2-9(10,11)12)14-5-7(6)15(16)17/h4-5H,2-3H2,1H3,(H,13,14). The molecule has 1 aromatic heterocycles. The van der Waals surface area contributed by atoms with Crippen LogP contribution in [0.2, 0.25) is 0 Å². The lowest BCUT2D eigenvalue weighted by atomic mass is 10.2. The van der Waals surface area contributed by atoms with Crippen LogP contribution in [0.3, 0.4) is 0 Å². The topological polar surface area (TPSA) is 68.1 Å². The van der Waals surface area contributed by atoms with Gasteiger partial charge in [0.1, 0.15) is 12.0 Å². The van der Waals surface area contributed by atoms with Crippen molar-refractivity contribution in [2.75, 3.05) is 11.9 Å². The number of rotatable bonds is 4. The summed E-state index contributed by atoms with van der Waals surface area (Å²) >= 11 is 0. The van der Waals surface area contributed by atoms with Gasteiger partial charge in [-0.2, -0.15) is 13.2 Å². The average molecular weight is 249 g/mol. The van der Waals surface area contributed by atoms with E-state index in [9.17, 15) is 23.3 Å². The molecule has 5 nitrogen and oxygen atoms in total. The molecule has 0 spiro atoms. The predicted octanol–water partition coefficient (Wildman–Crippen LogP) is 2.66. The van der Waals surface area contributed by atoms with Gasteiger partial charge in [-0.1, -0.05) is 0 Å². The number of halogens is 3. The van der Waals surface area contributed by atoms with Gasteiger partial charge in [-0.05, 0) is 13.0 Å². The first-order chi connectivity index (χ1) is 7.79. The number of hydrogen-bond donors (Lipinski definition) is 1. The molecule has 0 amide bonds. The third-order valence-corrected chi connectivity index (χ3v) is 1.99. The van der Waals surface area contributed by atoms with E-state index < -0.39 is 17.5 Å². The van der Waals surface area contributed by atoms with Crippen LogP contribution in [0.4, 0.5) is 24.7 Å². The first kappa shape index (κ1) is 13.2. The monoisotopic (exact) mass is 249 g/mol. The van der Waals surface area contributed by atoms with Crippen LogP contribution in [0.5, 0.6) is 0 Å². The van der Waals surface area contributed by atoms with Gasteiger partial charge in [0.2, 0.25) is 0 Å². The highest BCUT2D eigenvalue weighted by Gasteiger charge is 2.26. The average Bonchev–Trinajstić information content (AvgIpc) is 2.15. The first-order valence-corrected chi connectivity index (χ1v) is 4.71. The number of nitrogens with one attached hydrogen (secondary N) is 1. The smallest absolute Gasteiger partial charge is 0.370 e. The summed E-state index contributed by atoms with van der Waals surface area (Å²) in [7, 11) is 0. The van der Waals surface area contributed by atoms with E-state index in [4.69, 9.17) is 0 Å². The Labute approximate surface area is 94.8 Å². The number of anilines is 1. The van der Waals surface area contributed by atoms with Crippen molar-refractivity contribution < 1.29 is 18.1 Å². The lowest BCUT2D eigenvalue weighted by molar-refractivity contribution is -0.385. The number of aryl methyl sites for hydroxylation is 1. The van der Waals surface area contributed by atoms with Crippen LogP contribution >= 0.6 is 0 Å². The van der Waals surface area contributed by atoms with Crippen LogP contribution in [0.25, 0.3) is 0 Å². The Morgan fingerprint density at radius 2 is 2.18 bits per heavy atom. The fourth-order valence-electron chi connectivity index (χ4n) is 1.17. The Morgan fingerprint density at radius 3 is 2.65 bits per heavy atom. The van der Waals surface area contributed by atoms with E-state index >= 15 is 0 Å². The molecule has 0 atom stereocenters. The Morgan fingerprint density at radius 1 is 1.53 bits per heavy atom. The lowest BCUT2D eigenvalue weighted by Gasteiger charge is -2.08. The van der Waals surface area contributed by atoms with Crippen molar-refractivity contribution in [1.29, 1.82) is 0 Å². The van der Waals surface area contributed by atoms with Crippen LogP contribution < -0.4 is 5.32 Å². The summed E-state index contributed by atoms with van der Waals surface area (Å²) in [5, 5.41) is 12.9. The summed E-state index contributed by atoms with van der Waals surface area (Å²) in [4.78, 5) is 13.5. The van der Waals surface area contributed by atoms with Gasteiger partial charge < -0.3 is 5.32 Å². The second-order valence-electron chi connectivity index (χ2n) is 3.41. The van der Waals surface area contributed by atoms with E-state index in [0.29, 0.717) is 5.56 Å². The second-order valence-corrected chi connectivity index (χ2v) is 3.41. The quantitative estimate of drug-likeness (QED) is 0.658. The lowest BCUT2D eigenvalue weighted by Crippen LogP contribution is -2.15. The molecule has 1 N–H and O–H groups in total. The molecular formula is C9H10F3N3O2. The van der Waals surface area contributed by atoms with Gasteiger partial charge in [-0.3, -0.25) is 10.1 Å². The van der Waals surface area contributed by atoms with Gasteiger partial charge in [0.15, 0.2) is 0 Å². The zero-order valence-corrected chi connectivity index (χ0v) is 8.91. The summed E-state index contributed by atoms with van der Waals surface area (Å²) in [5.74, 6) is 0.192. The first-order valence-electron chi connectivity index (χ1n) is 4.71. The maximum atomic E-state index is 11.9. The van der Waals surface area contributed by atoms with Crippen LogP contribution in [-0.4, -0.2) is 22.6 Å². The summed E-state index contributed by atoms with van der Waals surface area (Å²) < 4.78 is 35.6. The summed E-state index contributed by atoms with van der Waals surface area (Å²) in [6.07, 6.45) is -4.20. The largest absolute Gasteiger partial charge is 0.390 e. The molecule has 0 aliphatic heterocycles. The molecule has 0 saturated carbocycles. The van der Waals surface area contributed by atoms with E-state index in [1.54, 1.807) is 0 Å². The van der Waals surface area contributed by atoms with Gasteiger partial charge in [-0.25, -0.2) is 4.98 Å². The molecule has 1 rings (SSSR count). The van der Waals surface area contributed by atoms with Crippen LogP contribution in [0.1, 0.15) is 12.0 Å². The SMILES string of the molecule is Cc1cc(NCCC(F)(F)F)ncc1[N+](=O)[O-]. The normalized spacial score (nSPS) is 11.3. The molecule has 1 aromatic rings. The van der Waals surface area contributed by atoms with Crippen molar-refractivity contribution in [2.45, 2.75) is 19.5 Å². The van der Waals surface area contributed by atoms with Crippen molar-refractivity contribution in [3.8, 4) is 0 Å². The van der Waals surface area contributed by atoms with Gasteiger partial charge in [-0.15, -0.1) is 0 Å². The predicted molar refractivity (Wildman–Crippen MR) is 54.8 cm³/mol. The Kier molecular flexibility index (Phi) is 3.87. The molecule has 0 aliphatic carbocycles. The minimum atomic E-state index is -4.23. The minimum absolute atomic E-state index is 0.161. The maximum Gasteiger partial charge on any atom is 0.390 e. The van der Waals surface area contributed by atoms with Gasteiger partial charge in [0.05, 0.1) is 11.3 Å². The fraction of sp³-hybridized carbons (Fsp3) is 0.444. The molecule has 0 radical (unpaired) electrons. The second kappa shape index (κ2) is 4.98. The molecule has 8 heteroatoms. The van der Waals surface area contributed by atoms with Crippen molar-refractivity contribution >= 4 is 11.5 Å². The van der Waals surface area contributed by atoms with E-state index in [0.717, 1.165) is 6.20 Å². The summed E-state index contributed by atoms with van der Waals surface area (Å²) in [6, 6.07) is 1.34. The van der Waals surface area contributed by atoms with E-state index in [2.05, 4.69) is 10.3 Å². The highest BCUT2D eigenvalue weighted by molar-refractivity contribution is 5.46. The number of nitrogens with zero attached hydrogens (tertiary/aromatic N) is 2. The van der Waals surface area contributed by atoms with E-state index in [-0.39, 0.29) is 18.1 Å². The number of alkyl halides is 3. The zero-order valence-electron chi connectivity index (χ0n) is 8.91. The number of nitro groups is 1. The molecule has 0 fully saturated rings. The van der Waals surface area contributed by atoms with Crippen LogP contribution in [-0.2, 0) is 0 Å². The molecule has 0 aliphatic rings. The molecule has 17 heavy (non-hydrogen) atoms. The van der Waals surface area contributed by atoms with Crippen molar-refractivity contribution in [2.24, 2.45) is 0 Å². The highest BCUT2D eigenvalue weighted by atomic mass is 19.4. The van der Waals surface area contributed by atoms with Crippen molar-refractivity contribution in [3.05, 3.63) is 27.9 Å². The molecule has 0 bridgehead atoms. The van der Waals surface area contributed by atoms with E-state index in [1.165, 1.54) is 13.0 Å². The summed E-state index contributed by atoms with van der Waals surface area (Å²) in [5.41, 5.74) is 0.186. The summed E-state index contributed by atoms with van der Waals surface area (Å²) in [6.45, 7) is 1.18. The Balaban J connectivity index is 2.62. The van der Waals surface area contributed by atoms with E-state index in [1.807, 2.05) is 0 Å². The Hall–Kier alpha value is -1.86. The molecular weight excluding hydrogens is 239 g/mol. The maximum absolute atomic E-state index is 11.9. The fourth-order valence-corrected chi connectivity index (χ4v) is 1.17. The minimum Gasteiger partial charge on any atom is -0.370 e. The van der Waals surface area contributed by atoms with Crippen molar-refractivity contribution in [3.63, 3.8) is 0 Å². The van der Waals surface area contributed by atoms with Crippen molar-refractivity contribution in [1.82, 2.24) is 4.98 Å². The Bertz CT molecular complexity index is 420. The van der Waals surface area contributed by atoms with Gasteiger partial charge in [0.25, 0.3) is 5.69 Å². The number of aromatic nitrogens is 1. The van der Waals surface area contributed by atoms with Crippen LogP contribution in [0, 0.1) is 17.0 Å².